The average Bonchev–Trinajstić information content (AvgIpc) is 3.40. The van der Waals surface area contributed by atoms with Crippen LogP contribution in [0.1, 0.15) is 73.4 Å². The van der Waals surface area contributed by atoms with E-state index in [4.69, 9.17) is 11.1 Å². The number of aryl methyl sites for hydroxylation is 1. The van der Waals surface area contributed by atoms with E-state index in [0.29, 0.717) is 75.1 Å². The number of rotatable bonds is 17. The zero-order valence-electron chi connectivity index (χ0n) is 40.1. The molecule has 71 heavy (non-hydrogen) atoms. The lowest BCUT2D eigenvalue weighted by molar-refractivity contribution is -0.134. The summed E-state index contributed by atoms with van der Waals surface area (Å²) in [6.07, 6.45) is 7.65. The first kappa shape index (κ1) is 50.1. The van der Waals surface area contributed by atoms with Crippen molar-refractivity contribution in [2.75, 3.05) is 90.4 Å². The zero-order valence-corrected chi connectivity index (χ0v) is 40.1. The molecule has 370 valence electrons. The third kappa shape index (κ3) is 12.9. The van der Waals surface area contributed by atoms with Crippen LogP contribution < -0.4 is 16.4 Å². The number of nitrogens with one attached hydrogen (secondary N) is 3. The van der Waals surface area contributed by atoms with Gasteiger partial charge in [-0.05, 0) is 85.3 Å². The molecule has 3 fully saturated rings. The SMILES string of the molecule is CCc1cccc(-c2cnc(C(=O)N3CCN(CC4CCN(CC(=O)N5CCN(C(=O)c6cc(CC(=N)c7ccccc7C(N)=O)ccc6F)CC5)CC4)CC3)c(NC(=O)CNCc3ccncn3)c2)c1. The number of nitrogens with two attached hydrogens (primary N) is 1. The molecule has 3 aliphatic heterocycles. The predicted octanol–water partition coefficient (Wildman–Crippen LogP) is 4.13. The summed E-state index contributed by atoms with van der Waals surface area (Å²) >= 11 is 0. The number of nitrogens with zero attached hydrogens (tertiary/aromatic N) is 8. The molecule has 3 aliphatic rings. The molecule has 3 aromatic carbocycles. The van der Waals surface area contributed by atoms with Gasteiger partial charge >= 0.3 is 0 Å². The number of hydrogen-bond acceptors (Lipinski definition) is 12. The van der Waals surface area contributed by atoms with Crippen molar-refractivity contribution in [3.8, 4) is 11.1 Å². The third-order valence-corrected chi connectivity index (χ3v) is 13.6. The number of benzene rings is 3. The monoisotopic (exact) mass is 964 g/mol. The maximum Gasteiger partial charge on any atom is 0.274 e. The Bertz CT molecular complexity index is 2730. The van der Waals surface area contributed by atoms with Gasteiger partial charge in [0.1, 0.15) is 12.1 Å². The number of piperidine rings is 1. The number of carbonyl (C=O) groups is 5. The van der Waals surface area contributed by atoms with Gasteiger partial charge < -0.3 is 36.5 Å². The summed E-state index contributed by atoms with van der Waals surface area (Å²) in [5, 5.41) is 14.7. The maximum absolute atomic E-state index is 15.0. The van der Waals surface area contributed by atoms with Gasteiger partial charge in [0.2, 0.25) is 17.7 Å². The molecule has 0 unspecified atom stereocenters. The van der Waals surface area contributed by atoms with Crippen molar-refractivity contribution < 1.29 is 28.4 Å². The molecule has 8 rings (SSSR count). The molecule has 17 nitrogen and oxygen atoms in total. The fourth-order valence-corrected chi connectivity index (χ4v) is 9.48. The Hall–Kier alpha value is -7.28. The molecule has 18 heteroatoms. The third-order valence-electron chi connectivity index (χ3n) is 13.6. The number of hydrogen-bond donors (Lipinski definition) is 4. The zero-order chi connectivity index (χ0) is 49.9. The molecule has 0 aliphatic carbocycles. The Morgan fingerprint density at radius 2 is 1.45 bits per heavy atom. The second kappa shape index (κ2) is 23.6. The summed E-state index contributed by atoms with van der Waals surface area (Å²) in [6, 6.07) is 22.5. The lowest BCUT2D eigenvalue weighted by Crippen LogP contribution is -2.53. The van der Waals surface area contributed by atoms with Crippen molar-refractivity contribution in [2.24, 2.45) is 11.7 Å². The number of amides is 5. The van der Waals surface area contributed by atoms with Gasteiger partial charge in [-0.25, -0.2) is 19.3 Å². The lowest BCUT2D eigenvalue weighted by atomic mass is 9.96. The Morgan fingerprint density at radius 1 is 0.732 bits per heavy atom. The molecule has 0 spiro atoms. The summed E-state index contributed by atoms with van der Waals surface area (Å²) < 4.78 is 15.0. The van der Waals surface area contributed by atoms with Crippen molar-refractivity contribution in [1.82, 2.24) is 44.8 Å². The van der Waals surface area contributed by atoms with Crippen LogP contribution in [0, 0.1) is 17.1 Å². The quantitative estimate of drug-likeness (QED) is 0.0973. The van der Waals surface area contributed by atoms with Crippen LogP contribution in [-0.4, -0.2) is 160 Å². The Balaban J connectivity index is 0.776. The molecule has 5 N–H and O–H groups in total. The van der Waals surface area contributed by atoms with Gasteiger partial charge in [-0.3, -0.25) is 33.8 Å². The van der Waals surface area contributed by atoms with E-state index in [1.165, 1.54) is 30.1 Å². The second-order valence-corrected chi connectivity index (χ2v) is 18.4. The predicted molar refractivity (Wildman–Crippen MR) is 267 cm³/mol. The van der Waals surface area contributed by atoms with Crippen LogP contribution in [0.5, 0.6) is 0 Å². The van der Waals surface area contributed by atoms with Crippen LogP contribution in [-0.2, 0) is 29.0 Å². The molecule has 5 amide bonds. The van der Waals surface area contributed by atoms with Gasteiger partial charge in [0.15, 0.2) is 5.69 Å². The second-order valence-electron chi connectivity index (χ2n) is 18.4. The van der Waals surface area contributed by atoms with Crippen LogP contribution in [0.4, 0.5) is 10.1 Å². The van der Waals surface area contributed by atoms with E-state index in [-0.39, 0.29) is 66.3 Å². The number of pyridine rings is 1. The summed E-state index contributed by atoms with van der Waals surface area (Å²) in [6.45, 7) is 9.02. The number of aromatic nitrogens is 3. The van der Waals surface area contributed by atoms with Crippen molar-refractivity contribution in [1.29, 1.82) is 5.41 Å². The van der Waals surface area contributed by atoms with E-state index in [1.54, 1.807) is 52.5 Å². The topological polar surface area (TPSA) is 214 Å². The van der Waals surface area contributed by atoms with Crippen molar-refractivity contribution in [2.45, 2.75) is 39.2 Å². The lowest BCUT2D eigenvalue weighted by Gasteiger charge is -2.39. The van der Waals surface area contributed by atoms with Crippen LogP contribution in [0.2, 0.25) is 0 Å². The minimum absolute atomic E-state index is 0.00653. The van der Waals surface area contributed by atoms with Crippen LogP contribution in [0.25, 0.3) is 11.1 Å². The number of carbonyl (C=O) groups excluding carboxylic acids is 5. The van der Waals surface area contributed by atoms with Gasteiger partial charge in [0.25, 0.3) is 11.8 Å². The van der Waals surface area contributed by atoms with E-state index in [2.05, 4.69) is 54.4 Å². The van der Waals surface area contributed by atoms with E-state index < -0.39 is 17.6 Å². The molecule has 5 aromatic rings. The summed E-state index contributed by atoms with van der Waals surface area (Å²) in [4.78, 5) is 88.7. The molecule has 0 saturated carbocycles. The maximum atomic E-state index is 15.0. The van der Waals surface area contributed by atoms with E-state index >= 15 is 4.39 Å². The number of likely N-dealkylation sites (tertiary alicyclic amines) is 1. The van der Waals surface area contributed by atoms with Crippen molar-refractivity contribution in [3.63, 3.8) is 0 Å². The highest BCUT2D eigenvalue weighted by atomic mass is 19.1. The highest BCUT2D eigenvalue weighted by molar-refractivity contribution is 6.09. The van der Waals surface area contributed by atoms with Crippen molar-refractivity contribution in [3.05, 3.63) is 143 Å². The van der Waals surface area contributed by atoms with E-state index in [1.807, 2.05) is 23.1 Å². The minimum atomic E-state index is -0.663. The Kier molecular flexibility index (Phi) is 16.6. The first-order chi connectivity index (χ1) is 34.4. The number of primary amides is 1. The normalized spacial score (nSPS) is 15.9. The van der Waals surface area contributed by atoms with Gasteiger partial charge in [-0.1, -0.05) is 55.5 Å². The molecular weight excluding hydrogens is 904 g/mol. The highest BCUT2D eigenvalue weighted by Gasteiger charge is 2.31. The van der Waals surface area contributed by atoms with Crippen LogP contribution in [0.3, 0.4) is 0 Å². The van der Waals surface area contributed by atoms with Crippen molar-refractivity contribution >= 4 is 40.9 Å². The molecule has 5 heterocycles. The standard InChI is InChI=1S/C53H61FN12O5/c1-2-36-6-5-7-39(26-36)40-29-47(61-48(67)32-58-31-41-12-15-57-35-60-41)50(59-30-40)53(71)66-20-18-63(19-21-66)33-37-13-16-62(17-14-37)34-49(68)64-22-24-65(25-23-64)52(70)44-27-38(10-11-45(44)54)28-46(55)42-8-3-4-9-43(42)51(56)69/h3-12,15,26-27,29-30,35,37,55,58H,2,13-14,16-25,28,31-34H2,1H3,(H2,56,69)(H,61,67). The molecule has 0 bridgehead atoms. The number of piperazine rings is 2. The smallest absolute Gasteiger partial charge is 0.274 e. The first-order valence-electron chi connectivity index (χ1n) is 24.3. The molecular formula is C53H61FN12O5. The molecule has 3 saturated heterocycles. The summed E-state index contributed by atoms with van der Waals surface area (Å²) in [5.74, 6) is -1.85. The fourth-order valence-electron chi connectivity index (χ4n) is 9.48. The number of halogens is 1. The summed E-state index contributed by atoms with van der Waals surface area (Å²) in [7, 11) is 0. The van der Waals surface area contributed by atoms with Gasteiger partial charge in [0, 0.05) is 107 Å². The van der Waals surface area contributed by atoms with Gasteiger partial charge in [0.05, 0.1) is 30.0 Å². The molecule has 0 radical (unpaired) electrons. The van der Waals surface area contributed by atoms with E-state index in [9.17, 15) is 24.0 Å². The van der Waals surface area contributed by atoms with Crippen LogP contribution in [0.15, 0.2) is 97.6 Å². The summed E-state index contributed by atoms with van der Waals surface area (Å²) in [5.41, 5.74) is 10.9. The fraction of sp³-hybridized carbons (Fsp3) is 0.377. The molecule has 0 atom stereocenters. The van der Waals surface area contributed by atoms with Crippen LogP contribution >= 0.6 is 0 Å². The first-order valence-corrected chi connectivity index (χ1v) is 24.3. The molecule has 2 aromatic heterocycles. The Labute approximate surface area is 413 Å². The van der Waals surface area contributed by atoms with Gasteiger partial charge in [-0.15, -0.1) is 0 Å². The number of anilines is 1. The Morgan fingerprint density at radius 3 is 2.17 bits per heavy atom. The van der Waals surface area contributed by atoms with Gasteiger partial charge in [-0.2, -0.15) is 0 Å². The average molecular weight is 965 g/mol. The highest BCUT2D eigenvalue weighted by Crippen LogP contribution is 2.27. The minimum Gasteiger partial charge on any atom is -0.366 e. The van der Waals surface area contributed by atoms with E-state index in [0.717, 1.165) is 55.7 Å². The largest absolute Gasteiger partial charge is 0.366 e.